The molecule has 0 spiro atoms. The molecule has 100 valence electrons. The van der Waals surface area contributed by atoms with Gasteiger partial charge in [0.25, 0.3) is 0 Å². The molecule has 0 saturated carbocycles. The highest BCUT2D eigenvalue weighted by atomic mass is 127. The van der Waals surface area contributed by atoms with Crippen LogP contribution in [-0.4, -0.2) is 15.0 Å². The molecule has 0 aliphatic heterocycles. The lowest BCUT2D eigenvalue weighted by molar-refractivity contribution is 0.916. The fourth-order valence-electron chi connectivity index (χ4n) is 2.24. The second kappa shape index (κ2) is 5.93. The van der Waals surface area contributed by atoms with E-state index in [1.807, 2.05) is 30.6 Å². The van der Waals surface area contributed by atoms with Gasteiger partial charge in [-0.25, -0.2) is 4.98 Å². The highest BCUT2D eigenvalue weighted by Crippen LogP contribution is 2.35. The van der Waals surface area contributed by atoms with Gasteiger partial charge in [0.05, 0.1) is 17.3 Å². The van der Waals surface area contributed by atoms with E-state index in [-0.39, 0.29) is 5.92 Å². The average Bonchev–Trinajstić information content (AvgIpc) is 2.99. The number of hydrogen-bond acceptors (Lipinski definition) is 2. The lowest BCUT2D eigenvalue weighted by Crippen LogP contribution is -2.06. The summed E-state index contributed by atoms with van der Waals surface area (Å²) in [6, 6.07) is 9.97. The second-order valence-corrected chi connectivity index (χ2v) is 5.86. The maximum Gasteiger partial charge on any atom is 0.0922 e. The molecule has 0 radical (unpaired) electrons. The largest absolute Gasteiger partial charge is 0.348 e. The molecule has 1 N–H and O–H groups in total. The van der Waals surface area contributed by atoms with E-state index in [0.717, 1.165) is 25.4 Å². The van der Waals surface area contributed by atoms with Crippen molar-refractivity contribution in [3.05, 3.63) is 80.7 Å². The first kappa shape index (κ1) is 13.6. The first-order valence-electron chi connectivity index (χ1n) is 6.09. The monoisotopic (exact) mass is 395 g/mol. The maximum atomic E-state index is 6.26. The average molecular weight is 396 g/mol. The Labute approximate surface area is 135 Å². The van der Waals surface area contributed by atoms with Crippen molar-refractivity contribution in [3.8, 4) is 0 Å². The summed E-state index contributed by atoms with van der Waals surface area (Å²) < 4.78 is 1.05. The molecule has 20 heavy (non-hydrogen) atoms. The molecule has 0 aliphatic rings. The first-order valence-corrected chi connectivity index (χ1v) is 7.55. The van der Waals surface area contributed by atoms with E-state index in [1.54, 1.807) is 12.5 Å². The van der Waals surface area contributed by atoms with E-state index in [2.05, 4.69) is 49.7 Å². The zero-order valence-corrected chi connectivity index (χ0v) is 13.3. The highest BCUT2D eigenvalue weighted by Gasteiger charge is 2.21. The summed E-state index contributed by atoms with van der Waals surface area (Å²) in [6.07, 6.45) is 7.18. The van der Waals surface area contributed by atoms with Crippen LogP contribution in [0, 0.1) is 3.57 Å². The topological polar surface area (TPSA) is 41.6 Å². The Kier molecular flexibility index (Phi) is 4.03. The molecule has 1 aromatic carbocycles. The lowest BCUT2D eigenvalue weighted by Gasteiger charge is -2.18. The van der Waals surface area contributed by atoms with Crippen LogP contribution in [0.1, 0.15) is 22.7 Å². The summed E-state index contributed by atoms with van der Waals surface area (Å²) in [5.41, 5.74) is 3.28. The third-order valence-electron chi connectivity index (χ3n) is 3.14. The summed E-state index contributed by atoms with van der Waals surface area (Å²) in [7, 11) is 0. The van der Waals surface area contributed by atoms with E-state index < -0.39 is 0 Å². The Bertz CT molecular complexity index is 698. The molecule has 3 nitrogen and oxygen atoms in total. The number of aromatic amines is 1. The molecule has 0 amide bonds. The summed E-state index contributed by atoms with van der Waals surface area (Å²) in [5.74, 6) is 0.0526. The molecular formula is C15H11ClIN3. The Balaban J connectivity index is 2.19. The zero-order chi connectivity index (χ0) is 13.9. The van der Waals surface area contributed by atoms with E-state index in [4.69, 9.17) is 11.6 Å². The van der Waals surface area contributed by atoms with Crippen LogP contribution in [-0.2, 0) is 0 Å². The van der Waals surface area contributed by atoms with Gasteiger partial charge >= 0.3 is 0 Å². The van der Waals surface area contributed by atoms with Gasteiger partial charge in [0, 0.05) is 27.9 Å². The summed E-state index contributed by atoms with van der Waals surface area (Å²) in [6.45, 7) is 0. The van der Waals surface area contributed by atoms with Crippen LogP contribution in [0.5, 0.6) is 0 Å². The highest BCUT2D eigenvalue weighted by molar-refractivity contribution is 14.1. The third kappa shape index (κ3) is 2.58. The molecule has 2 heterocycles. The standard InChI is InChI=1S/C15H11ClIN3/c16-12-5-1-4-11(15(12)17)14(13-8-19-9-20-13)10-3-2-6-18-7-10/h1-9,14H,(H,19,20). The number of hydrogen-bond donors (Lipinski definition) is 1. The number of aromatic nitrogens is 3. The van der Waals surface area contributed by atoms with Crippen LogP contribution in [0.3, 0.4) is 0 Å². The number of rotatable bonds is 3. The van der Waals surface area contributed by atoms with Gasteiger partial charge in [0.15, 0.2) is 0 Å². The number of imidazole rings is 1. The Morgan fingerprint density at radius 3 is 2.70 bits per heavy atom. The van der Waals surface area contributed by atoms with Crippen LogP contribution in [0.15, 0.2) is 55.2 Å². The second-order valence-electron chi connectivity index (χ2n) is 4.37. The number of H-pyrrole nitrogens is 1. The molecule has 0 fully saturated rings. The number of benzene rings is 1. The van der Waals surface area contributed by atoms with Crippen molar-refractivity contribution in [1.29, 1.82) is 0 Å². The van der Waals surface area contributed by atoms with E-state index >= 15 is 0 Å². The Hall–Kier alpha value is -1.40. The van der Waals surface area contributed by atoms with E-state index in [9.17, 15) is 0 Å². The zero-order valence-electron chi connectivity index (χ0n) is 10.4. The minimum absolute atomic E-state index is 0.0526. The van der Waals surface area contributed by atoms with Gasteiger partial charge < -0.3 is 4.98 Å². The van der Waals surface area contributed by atoms with Crippen LogP contribution in [0.2, 0.25) is 5.02 Å². The van der Waals surface area contributed by atoms with Crippen molar-refractivity contribution in [2.45, 2.75) is 5.92 Å². The van der Waals surface area contributed by atoms with Gasteiger partial charge in [-0.3, -0.25) is 4.98 Å². The van der Waals surface area contributed by atoms with Crippen molar-refractivity contribution in [1.82, 2.24) is 15.0 Å². The van der Waals surface area contributed by atoms with Gasteiger partial charge in [0.1, 0.15) is 0 Å². The summed E-state index contributed by atoms with van der Waals surface area (Å²) >= 11 is 8.54. The number of nitrogens with one attached hydrogen (secondary N) is 1. The van der Waals surface area contributed by atoms with Gasteiger partial charge in [-0.1, -0.05) is 29.8 Å². The summed E-state index contributed by atoms with van der Waals surface area (Å²) in [5, 5.41) is 0.761. The number of halogens is 2. The Morgan fingerprint density at radius 1 is 1.10 bits per heavy atom. The predicted molar refractivity (Wildman–Crippen MR) is 87.9 cm³/mol. The molecule has 0 aliphatic carbocycles. The SMILES string of the molecule is Clc1cccc(C(c2cccnc2)c2cnc[nH]2)c1I. The van der Waals surface area contributed by atoms with E-state index in [1.165, 1.54) is 0 Å². The minimum atomic E-state index is 0.0526. The van der Waals surface area contributed by atoms with Crippen LogP contribution >= 0.6 is 34.2 Å². The fraction of sp³-hybridized carbons (Fsp3) is 0.0667. The molecular weight excluding hydrogens is 385 g/mol. The van der Waals surface area contributed by atoms with Gasteiger partial charge in [-0.05, 0) is 45.9 Å². The molecule has 1 unspecified atom stereocenters. The molecule has 0 bridgehead atoms. The van der Waals surface area contributed by atoms with Crippen LogP contribution < -0.4 is 0 Å². The fourth-order valence-corrected chi connectivity index (χ4v) is 3.09. The van der Waals surface area contributed by atoms with Gasteiger partial charge in [-0.2, -0.15) is 0 Å². The molecule has 1 atom stereocenters. The smallest absolute Gasteiger partial charge is 0.0922 e. The van der Waals surface area contributed by atoms with Crippen LogP contribution in [0.4, 0.5) is 0 Å². The lowest BCUT2D eigenvalue weighted by atomic mass is 9.90. The van der Waals surface area contributed by atoms with Crippen molar-refractivity contribution >= 4 is 34.2 Å². The maximum absolute atomic E-state index is 6.26. The summed E-state index contributed by atoms with van der Waals surface area (Å²) in [4.78, 5) is 11.6. The minimum Gasteiger partial charge on any atom is -0.348 e. The van der Waals surface area contributed by atoms with Crippen molar-refractivity contribution in [2.24, 2.45) is 0 Å². The van der Waals surface area contributed by atoms with Crippen molar-refractivity contribution < 1.29 is 0 Å². The quantitative estimate of drug-likeness (QED) is 0.674. The normalized spacial score (nSPS) is 12.3. The molecule has 3 aromatic rings. The number of nitrogens with zero attached hydrogens (tertiary/aromatic N) is 2. The van der Waals surface area contributed by atoms with Gasteiger partial charge in [-0.15, -0.1) is 0 Å². The third-order valence-corrected chi connectivity index (χ3v) is 4.98. The van der Waals surface area contributed by atoms with E-state index in [0.29, 0.717) is 0 Å². The molecule has 0 saturated heterocycles. The Morgan fingerprint density at radius 2 is 2.00 bits per heavy atom. The van der Waals surface area contributed by atoms with Crippen LogP contribution in [0.25, 0.3) is 0 Å². The van der Waals surface area contributed by atoms with Crippen molar-refractivity contribution in [2.75, 3.05) is 0 Å². The number of pyridine rings is 1. The predicted octanol–water partition coefficient (Wildman–Crippen LogP) is 4.24. The molecule has 3 rings (SSSR count). The molecule has 2 aromatic heterocycles. The van der Waals surface area contributed by atoms with Crippen molar-refractivity contribution in [3.63, 3.8) is 0 Å². The first-order chi connectivity index (χ1) is 9.77. The molecule has 5 heteroatoms. The van der Waals surface area contributed by atoms with Gasteiger partial charge in [0.2, 0.25) is 0 Å².